The molecule has 1 amide bonds. The minimum absolute atomic E-state index is 0.0642. The third-order valence-electron chi connectivity index (χ3n) is 3.28. The van der Waals surface area contributed by atoms with Crippen LogP contribution in [0.2, 0.25) is 0 Å². The van der Waals surface area contributed by atoms with Gasteiger partial charge in [0.05, 0.1) is 5.69 Å². The molecule has 0 spiro atoms. The number of rotatable bonds is 1. The van der Waals surface area contributed by atoms with Gasteiger partial charge in [-0.1, -0.05) is 42.5 Å². The number of hydrogen-bond donors (Lipinski definition) is 1. The van der Waals surface area contributed by atoms with Gasteiger partial charge in [0.25, 0.3) is 0 Å². The van der Waals surface area contributed by atoms with E-state index in [1.807, 2.05) is 36.4 Å². The minimum atomic E-state index is -0.374. The fourth-order valence-electron chi connectivity index (χ4n) is 2.43. The molecule has 90 valence electrons. The largest absolute Gasteiger partial charge is 0.323 e. The normalized spacial score (nSPS) is 18.1. The molecule has 18 heavy (non-hydrogen) atoms. The van der Waals surface area contributed by atoms with Crippen LogP contribution in [-0.2, 0) is 4.79 Å². The fraction of sp³-hybridized carbons (Fsp3) is 0.133. The molecule has 1 heterocycles. The maximum absolute atomic E-state index is 13.7. The Morgan fingerprint density at radius 1 is 1.06 bits per heavy atom. The smallest absolute Gasteiger partial charge is 0.225 e. The first-order valence-electron chi connectivity index (χ1n) is 5.89. The fourth-order valence-corrected chi connectivity index (χ4v) is 2.43. The van der Waals surface area contributed by atoms with Gasteiger partial charge >= 0.3 is 0 Å². The zero-order valence-corrected chi connectivity index (χ0v) is 9.69. The molecule has 3 heteroatoms. The van der Waals surface area contributed by atoms with Crippen LogP contribution in [0.25, 0.3) is 0 Å². The Morgan fingerprint density at radius 2 is 1.83 bits per heavy atom. The maximum Gasteiger partial charge on any atom is 0.225 e. The first-order chi connectivity index (χ1) is 8.75. The Hall–Kier alpha value is -2.16. The summed E-state index contributed by atoms with van der Waals surface area (Å²) < 4.78 is 13.7. The molecule has 2 nitrogen and oxygen atoms in total. The number of amides is 1. The molecule has 0 bridgehead atoms. The highest BCUT2D eigenvalue weighted by molar-refractivity contribution is 5.95. The lowest BCUT2D eigenvalue weighted by molar-refractivity contribution is -0.116. The van der Waals surface area contributed by atoms with Gasteiger partial charge in [0, 0.05) is 12.3 Å². The van der Waals surface area contributed by atoms with Crippen molar-refractivity contribution in [2.24, 2.45) is 0 Å². The number of halogens is 1. The van der Waals surface area contributed by atoms with E-state index >= 15 is 0 Å². The SMILES string of the molecule is O=C1CC(c2ccccc2)c2cccc(F)c2N1. The second kappa shape index (κ2) is 4.26. The highest BCUT2D eigenvalue weighted by Crippen LogP contribution is 2.37. The van der Waals surface area contributed by atoms with Crippen LogP contribution in [0.4, 0.5) is 10.1 Å². The third-order valence-corrected chi connectivity index (χ3v) is 3.28. The second-order valence-corrected chi connectivity index (χ2v) is 4.42. The van der Waals surface area contributed by atoms with Gasteiger partial charge in [-0.05, 0) is 17.2 Å². The third kappa shape index (κ3) is 1.78. The van der Waals surface area contributed by atoms with Crippen LogP contribution in [-0.4, -0.2) is 5.91 Å². The summed E-state index contributed by atoms with van der Waals surface area (Å²) in [4.78, 5) is 11.7. The molecule has 1 unspecified atom stereocenters. The van der Waals surface area contributed by atoms with Gasteiger partial charge in [-0.3, -0.25) is 4.79 Å². The van der Waals surface area contributed by atoms with E-state index in [2.05, 4.69) is 5.32 Å². The van der Waals surface area contributed by atoms with Gasteiger partial charge in [0.15, 0.2) is 0 Å². The lowest BCUT2D eigenvalue weighted by Crippen LogP contribution is -2.24. The van der Waals surface area contributed by atoms with Gasteiger partial charge in [0.2, 0.25) is 5.91 Å². The molecule has 0 saturated carbocycles. The molecule has 1 aliphatic heterocycles. The first kappa shape index (κ1) is 11.0. The molecule has 2 aromatic carbocycles. The van der Waals surface area contributed by atoms with Crippen molar-refractivity contribution < 1.29 is 9.18 Å². The van der Waals surface area contributed by atoms with E-state index in [0.29, 0.717) is 12.1 Å². The summed E-state index contributed by atoms with van der Waals surface area (Å²) in [7, 11) is 0. The summed E-state index contributed by atoms with van der Waals surface area (Å²) in [6.07, 6.45) is 0.362. The van der Waals surface area contributed by atoms with Crippen LogP contribution >= 0.6 is 0 Å². The Labute approximate surface area is 104 Å². The molecule has 0 fully saturated rings. The van der Waals surface area contributed by atoms with Crippen molar-refractivity contribution in [1.82, 2.24) is 0 Å². The van der Waals surface area contributed by atoms with E-state index in [0.717, 1.165) is 11.1 Å². The quantitative estimate of drug-likeness (QED) is 0.815. The van der Waals surface area contributed by atoms with Crippen LogP contribution in [0.15, 0.2) is 48.5 Å². The Morgan fingerprint density at radius 3 is 2.61 bits per heavy atom. The van der Waals surface area contributed by atoms with Crippen molar-refractivity contribution in [2.45, 2.75) is 12.3 Å². The predicted octanol–water partition coefficient (Wildman–Crippen LogP) is 3.30. The van der Waals surface area contributed by atoms with Crippen molar-refractivity contribution in [3.8, 4) is 0 Å². The summed E-state index contributed by atoms with van der Waals surface area (Å²) in [5, 5.41) is 2.61. The zero-order chi connectivity index (χ0) is 12.5. The summed E-state index contributed by atoms with van der Waals surface area (Å²) >= 11 is 0. The van der Waals surface area contributed by atoms with E-state index < -0.39 is 0 Å². The highest BCUT2D eigenvalue weighted by Gasteiger charge is 2.27. The molecule has 0 aromatic heterocycles. The van der Waals surface area contributed by atoms with Crippen molar-refractivity contribution >= 4 is 11.6 Å². The van der Waals surface area contributed by atoms with Gasteiger partial charge in [-0.2, -0.15) is 0 Å². The molecule has 0 saturated heterocycles. The van der Waals surface area contributed by atoms with Gasteiger partial charge < -0.3 is 5.32 Å². The minimum Gasteiger partial charge on any atom is -0.323 e. The Kier molecular flexibility index (Phi) is 2.59. The van der Waals surface area contributed by atoms with Crippen LogP contribution in [0, 0.1) is 5.82 Å². The number of fused-ring (bicyclic) bond motifs is 1. The molecule has 1 aliphatic rings. The monoisotopic (exact) mass is 241 g/mol. The molecule has 0 aliphatic carbocycles. The lowest BCUT2D eigenvalue weighted by atomic mass is 9.85. The molecule has 3 rings (SSSR count). The highest BCUT2D eigenvalue weighted by atomic mass is 19.1. The second-order valence-electron chi connectivity index (χ2n) is 4.42. The van der Waals surface area contributed by atoms with E-state index in [9.17, 15) is 9.18 Å². The average molecular weight is 241 g/mol. The number of carbonyl (C=O) groups excluding carboxylic acids is 1. The standard InChI is InChI=1S/C15H12FNO/c16-13-8-4-7-11-12(9-14(18)17-15(11)13)10-5-2-1-3-6-10/h1-8,12H,9H2,(H,17,18). The number of carbonyl (C=O) groups is 1. The Bertz CT molecular complexity index is 595. The predicted molar refractivity (Wildman–Crippen MR) is 67.9 cm³/mol. The summed E-state index contributed by atoms with van der Waals surface area (Å²) in [5.74, 6) is -0.575. The topological polar surface area (TPSA) is 29.1 Å². The van der Waals surface area contributed by atoms with Crippen LogP contribution in [0.1, 0.15) is 23.5 Å². The molecular weight excluding hydrogens is 229 g/mol. The van der Waals surface area contributed by atoms with Gasteiger partial charge in [-0.25, -0.2) is 4.39 Å². The summed E-state index contributed by atoms with van der Waals surface area (Å²) in [5.41, 5.74) is 2.21. The van der Waals surface area contributed by atoms with E-state index in [1.54, 1.807) is 6.07 Å². The van der Waals surface area contributed by atoms with E-state index in [4.69, 9.17) is 0 Å². The molecule has 1 N–H and O–H groups in total. The molecule has 0 radical (unpaired) electrons. The number of hydrogen-bond acceptors (Lipinski definition) is 1. The van der Waals surface area contributed by atoms with E-state index in [-0.39, 0.29) is 17.6 Å². The Balaban J connectivity index is 2.14. The van der Waals surface area contributed by atoms with Gasteiger partial charge in [-0.15, -0.1) is 0 Å². The number of benzene rings is 2. The van der Waals surface area contributed by atoms with Crippen LogP contribution < -0.4 is 5.32 Å². The maximum atomic E-state index is 13.7. The molecule has 1 atom stereocenters. The van der Waals surface area contributed by atoms with Crippen molar-refractivity contribution in [3.05, 3.63) is 65.5 Å². The van der Waals surface area contributed by atoms with Crippen LogP contribution in [0.5, 0.6) is 0 Å². The van der Waals surface area contributed by atoms with Crippen molar-refractivity contribution in [2.75, 3.05) is 5.32 Å². The molecular formula is C15H12FNO. The van der Waals surface area contributed by atoms with E-state index in [1.165, 1.54) is 6.07 Å². The zero-order valence-electron chi connectivity index (χ0n) is 9.69. The van der Waals surface area contributed by atoms with Crippen molar-refractivity contribution in [1.29, 1.82) is 0 Å². The average Bonchev–Trinajstić information content (AvgIpc) is 2.40. The lowest BCUT2D eigenvalue weighted by Gasteiger charge is -2.26. The number of anilines is 1. The summed E-state index contributed by atoms with van der Waals surface area (Å²) in [6, 6.07) is 14.7. The summed E-state index contributed by atoms with van der Waals surface area (Å²) in [6.45, 7) is 0. The molecule has 2 aromatic rings. The number of nitrogens with one attached hydrogen (secondary N) is 1. The first-order valence-corrected chi connectivity index (χ1v) is 5.89. The van der Waals surface area contributed by atoms with Crippen molar-refractivity contribution in [3.63, 3.8) is 0 Å². The van der Waals surface area contributed by atoms with Gasteiger partial charge in [0.1, 0.15) is 5.82 Å². The number of para-hydroxylation sites is 1. The van der Waals surface area contributed by atoms with Crippen LogP contribution in [0.3, 0.4) is 0 Å².